The Morgan fingerprint density at radius 3 is 3.00 bits per heavy atom. The molecule has 1 saturated heterocycles. The number of rotatable bonds is 4. The number of nitrogens with one attached hydrogen (secondary N) is 2. The molecule has 1 fully saturated rings. The van der Waals surface area contributed by atoms with E-state index in [1.807, 2.05) is 6.92 Å². The van der Waals surface area contributed by atoms with Gasteiger partial charge in [0, 0.05) is 0 Å². The lowest BCUT2D eigenvalue weighted by molar-refractivity contribution is -0.145. The van der Waals surface area contributed by atoms with E-state index in [-0.39, 0.29) is 12.0 Å². The minimum atomic E-state index is -0.510. The molecule has 74 valence electrons. The van der Waals surface area contributed by atoms with Crippen LogP contribution < -0.4 is 10.6 Å². The molecule has 0 spiro atoms. The second-order valence-electron chi connectivity index (χ2n) is 2.93. The summed E-state index contributed by atoms with van der Waals surface area (Å²) in [5, 5.41) is 4.95. The third kappa shape index (κ3) is 2.93. The molecule has 0 aromatic rings. The molecule has 0 aromatic heterocycles. The molecule has 0 saturated carbocycles. The minimum Gasteiger partial charge on any atom is -0.464 e. The van der Waals surface area contributed by atoms with Crippen molar-refractivity contribution in [2.75, 3.05) is 13.2 Å². The maximum absolute atomic E-state index is 11.2. The summed E-state index contributed by atoms with van der Waals surface area (Å²) in [7, 11) is 0. The molecule has 0 aromatic carbocycles. The van der Waals surface area contributed by atoms with Crippen LogP contribution in [0.3, 0.4) is 0 Å². The monoisotopic (exact) mass is 186 g/mol. The van der Waals surface area contributed by atoms with E-state index in [4.69, 9.17) is 4.74 Å². The Bertz CT molecular complexity index is 206. The summed E-state index contributed by atoms with van der Waals surface area (Å²) in [6.45, 7) is 2.78. The fourth-order valence-electron chi connectivity index (χ4n) is 1.02. The summed E-state index contributed by atoms with van der Waals surface area (Å²) in [5.41, 5.74) is 0. The number of hydrogen-bond acceptors (Lipinski definition) is 3. The van der Waals surface area contributed by atoms with E-state index in [0.29, 0.717) is 13.2 Å². The van der Waals surface area contributed by atoms with Gasteiger partial charge >= 0.3 is 12.0 Å². The molecule has 2 N–H and O–H groups in total. The zero-order chi connectivity index (χ0) is 9.68. The van der Waals surface area contributed by atoms with Crippen molar-refractivity contribution in [1.82, 2.24) is 10.6 Å². The van der Waals surface area contributed by atoms with Gasteiger partial charge in [-0.05, 0) is 6.42 Å². The van der Waals surface area contributed by atoms with Crippen molar-refractivity contribution in [3.05, 3.63) is 0 Å². The number of urea groups is 1. The second-order valence-corrected chi connectivity index (χ2v) is 2.93. The molecule has 5 heteroatoms. The average molecular weight is 186 g/mol. The Morgan fingerprint density at radius 2 is 2.46 bits per heavy atom. The van der Waals surface area contributed by atoms with E-state index in [1.54, 1.807) is 0 Å². The number of carbonyl (C=O) groups is 2. The molecule has 1 aliphatic heterocycles. The molecule has 1 unspecified atom stereocenters. The molecular formula is C8H14N2O3. The molecule has 1 rings (SSSR count). The highest BCUT2D eigenvalue weighted by Crippen LogP contribution is 1.96. The number of carbonyl (C=O) groups excluding carboxylic acids is 2. The highest BCUT2D eigenvalue weighted by Gasteiger charge is 2.27. The Morgan fingerprint density at radius 1 is 1.69 bits per heavy atom. The zero-order valence-electron chi connectivity index (χ0n) is 7.63. The summed E-state index contributed by atoms with van der Waals surface area (Å²) in [5.74, 6) is -0.355. The molecule has 2 amide bonds. The summed E-state index contributed by atoms with van der Waals surface area (Å²) in [6, 6.07) is -0.818. The largest absolute Gasteiger partial charge is 0.464 e. The van der Waals surface area contributed by atoms with Gasteiger partial charge in [-0.2, -0.15) is 0 Å². The first-order chi connectivity index (χ1) is 6.24. The predicted octanol–water partition coefficient (Wildman–Crippen LogP) is 0.0111. The van der Waals surface area contributed by atoms with Crippen LogP contribution in [0, 0.1) is 0 Å². The van der Waals surface area contributed by atoms with Crippen LogP contribution in [-0.2, 0) is 9.53 Å². The highest BCUT2D eigenvalue weighted by atomic mass is 16.5. The van der Waals surface area contributed by atoms with Crippen LogP contribution in [0.1, 0.15) is 19.8 Å². The van der Waals surface area contributed by atoms with E-state index < -0.39 is 6.04 Å². The van der Waals surface area contributed by atoms with E-state index in [0.717, 1.165) is 12.8 Å². The number of amides is 2. The summed E-state index contributed by atoms with van der Waals surface area (Å²) in [6.07, 6.45) is 1.85. The lowest BCUT2D eigenvalue weighted by atomic mass is 10.3. The topological polar surface area (TPSA) is 67.4 Å². The molecule has 0 aliphatic carbocycles. The standard InChI is InChI=1S/C8H14N2O3/c1-2-3-4-13-7(11)6-5-9-8(12)10-6/h6H,2-5H2,1H3,(H2,9,10,12). The summed E-state index contributed by atoms with van der Waals surface area (Å²) < 4.78 is 4.92. The maximum Gasteiger partial charge on any atom is 0.330 e. The van der Waals surface area contributed by atoms with E-state index >= 15 is 0 Å². The lowest BCUT2D eigenvalue weighted by Crippen LogP contribution is -2.36. The van der Waals surface area contributed by atoms with Gasteiger partial charge in [0.25, 0.3) is 0 Å². The Kier molecular flexibility index (Phi) is 3.54. The van der Waals surface area contributed by atoms with Gasteiger partial charge in [-0.3, -0.25) is 0 Å². The van der Waals surface area contributed by atoms with Crippen molar-refractivity contribution in [2.45, 2.75) is 25.8 Å². The normalized spacial score (nSPS) is 20.7. The van der Waals surface area contributed by atoms with Crippen LogP contribution in [-0.4, -0.2) is 31.2 Å². The fraction of sp³-hybridized carbons (Fsp3) is 0.750. The van der Waals surface area contributed by atoms with Crippen LogP contribution in [0.15, 0.2) is 0 Å². The molecule has 0 bridgehead atoms. The van der Waals surface area contributed by atoms with Crippen molar-refractivity contribution in [3.63, 3.8) is 0 Å². The van der Waals surface area contributed by atoms with Gasteiger partial charge in [0.1, 0.15) is 6.04 Å². The zero-order valence-corrected chi connectivity index (χ0v) is 7.63. The molecular weight excluding hydrogens is 172 g/mol. The van der Waals surface area contributed by atoms with Crippen molar-refractivity contribution in [3.8, 4) is 0 Å². The second kappa shape index (κ2) is 4.69. The van der Waals surface area contributed by atoms with E-state index in [9.17, 15) is 9.59 Å². The van der Waals surface area contributed by atoms with Crippen molar-refractivity contribution in [1.29, 1.82) is 0 Å². The Balaban J connectivity index is 2.20. The van der Waals surface area contributed by atoms with Crippen LogP contribution in [0.4, 0.5) is 4.79 Å². The first-order valence-electron chi connectivity index (χ1n) is 4.45. The third-order valence-electron chi connectivity index (χ3n) is 1.80. The number of unbranched alkanes of at least 4 members (excludes halogenated alkanes) is 1. The van der Waals surface area contributed by atoms with Gasteiger partial charge in [-0.1, -0.05) is 13.3 Å². The van der Waals surface area contributed by atoms with Gasteiger partial charge in [0.2, 0.25) is 0 Å². The Labute approximate surface area is 76.8 Å². The molecule has 5 nitrogen and oxygen atoms in total. The number of ether oxygens (including phenoxy) is 1. The van der Waals surface area contributed by atoms with Gasteiger partial charge in [-0.25, -0.2) is 9.59 Å². The fourth-order valence-corrected chi connectivity index (χ4v) is 1.02. The van der Waals surface area contributed by atoms with Gasteiger partial charge in [0.15, 0.2) is 0 Å². The van der Waals surface area contributed by atoms with Crippen molar-refractivity contribution >= 4 is 12.0 Å². The smallest absolute Gasteiger partial charge is 0.330 e. The maximum atomic E-state index is 11.2. The van der Waals surface area contributed by atoms with Gasteiger partial charge in [-0.15, -0.1) is 0 Å². The number of hydrogen-bond donors (Lipinski definition) is 2. The van der Waals surface area contributed by atoms with Crippen molar-refractivity contribution < 1.29 is 14.3 Å². The van der Waals surface area contributed by atoms with Crippen molar-refractivity contribution in [2.24, 2.45) is 0 Å². The summed E-state index contributed by atoms with van der Waals surface area (Å²) >= 11 is 0. The first-order valence-corrected chi connectivity index (χ1v) is 4.45. The first kappa shape index (κ1) is 9.83. The van der Waals surface area contributed by atoms with Gasteiger partial charge < -0.3 is 15.4 Å². The molecule has 1 aliphatic rings. The molecule has 13 heavy (non-hydrogen) atoms. The molecule has 1 heterocycles. The molecule has 0 radical (unpaired) electrons. The van der Waals surface area contributed by atoms with Crippen LogP contribution in [0.2, 0.25) is 0 Å². The Hall–Kier alpha value is -1.26. The van der Waals surface area contributed by atoms with Crippen LogP contribution in [0.5, 0.6) is 0 Å². The van der Waals surface area contributed by atoms with E-state index in [2.05, 4.69) is 10.6 Å². The van der Waals surface area contributed by atoms with Crippen LogP contribution >= 0.6 is 0 Å². The van der Waals surface area contributed by atoms with E-state index in [1.165, 1.54) is 0 Å². The lowest BCUT2D eigenvalue weighted by Gasteiger charge is -2.07. The quantitative estimate of drug-likeness (QED) is 0.480. The minimum absolute atomic E-state index is 0.308. The molecule has 1 atom stereocenters. The third-order valence-corrected chi connectivity index (χ3v) is 1.80. The summed E-state index contributed by atoms with van der Waals surface area (Å²) in [4.78, 5) is 21.8. The highest BCUT2D eigenvalue weighted by molar-refractivity contribution is 5.87. The van der Waals surface area contributed by atoms with Gasteiger partial charge in [0.05, 0.1) is 13.2 Å². The number of esters is 1. The SMILES string of the molecule is CCCCOC(=O)C1CNC(=O)N1. The predicted molar refractivity (Wildman–Crippen MR) is 46.2 cm³/mol. The average Bonchev–Trinajstić information content (AvgIpc) is 2.52. The van der Waals surface area contributed by atoms with Crippen LogP contribution in [0.25, 0.3) is 0 Å².